The standard InChI is InChI=1S/C17H23NO5S/c1-4-5-12-6-8-13(9-7-12)15-10-14(23-18-15)11-17(2,16(19)20)24(3,21)22/h6-9,14H,4-5,10-11H2,1-3H3,(H,19,20). The van der Waals surface area contributed by atoms with Crippen LogP contribution in [0.4, 0.5) is 0 Å². The van der Waals surface area contributed by atoms with Crippen LogP contribution in [0.3, 0.4) is 0 Å². The predicted molar refractivity (Wildman–Crippen MR) is 92.0 cm³/mol. The van der Waals surface area contributed by atoms with Crippen LogP contribution in [0, 0.1) is 0 Å². The lowest BCUT2D eigenvalue weighted by molar-refractivity contribution is -0.140. The fourth-order valence-electron chi connectivity index (χ4n) is 2.69. The van der Waals surface area contributed by atoms with E-state index in [9.17, 15) is 18.3 Å². The molecule has 0 radical (unpaired) electrons. The first-order valence-electron chi connectivity index (χ1n) is 7.92. The van der Waals surface area contributed by atoms with E-state index in [1.54, 1.807) is 0 Å². The molecule has 0 aliphatic carbocycles. The molecule has 1 aromatic carbocycles. The Morgan fingerprint density at radius 2 is 2.00 bits per heavy atom. The number of aliphatic carboxylic acids is 1. The molecule has 0 bridgehead atoms. The topological polar surface area (TPSA) is 93.0 Å². The Morgan fingerprint density at radius 3 is 2.50 bits per heavy atom. The van der Waals surface area contributed by atoms with E-state index >= 15 is 0 Å². The van der Waals surface area contributed by atoms with Crippen LogP contribution in [-0.4, -0.2) is 42.3 Å². The molecule has 0 saturated heterocycles. The number of benzene rings is 1. The third-order valence-electron chi connectivity index (χ3n) is 4.45. The van der Waals surface area contributed by atoms with Crippen molar-refractivity contribution in [3.63, 3.8) is 0 Å². The molecule has 1 N–H and O–H groups in total. The molecule has 2 rings (SSSR count). The molecule has 1 aliphatic rings. The summed E-state index contributed by atoms with van der Waals surface area (Å²) in [6.07, 6.45) is 2.71. The average molecular weight is 353 g/mol. The van der Waals surface area contributed by atoms with E-state index in [1.165, 1.54) is 12.5 Å². The van der Waals surface area contributed by atoms with Crippen LogP contribution in [0.5, 0.6) is 0 Å². The van der Waals surface area contributed by atoms with Crippen LogP contribution in [0.2, 0.25) is 0 Å². The number of hydrogen-bond donors (Lipinski definition) is 1. The van der Waals surface area contributed by atoms with Crippen LogP contribution in [0.25, 0.3) is 0 Å². The number of nitrogens with zero attached hydrogens (tertiary/aromatic N) is 1. The van der Waals surface area contributed by atoms with Gasteiger partial charge in [-0.3, -0.25) is 4.79 Å². The Balaban J connectivity index is 2.08. The van der Waals surface area contributed by atoms with Gasteiger partial charge in [-0.25, -0.2) is 8.42 Å². The molecule has 0 spiro atoms. The third kappa shape index (κ3) is 3.77. The Kier molecular flexibility index (Phi) is 5.32. The molecular formula is C17H23NO5S. The number of oxime groups is 1. The monoisotopic (exact) mass is 353 g/mol. The summed E-state index contributed by atoms with van der Waals surface area (Å²) in [4.78, 5) is 16.7. The van der Waals surface area contributed by atoms with Gasteiger partial charge < -0.3 is 9.94 Å². The summed E-state index contributed by atoms with van der Waals surface area (Å²) < 4.78 is 21.8. The molecule has 7 heteroatoms. The second kappa shape index (κ2) is 6.93. The Hall–Kier alpha value is -1.89. The van der Waals surface area contributed by atoms with Gasteiger partial charge >= 0.3 is 5.97 Å². The molecule has 1 aliphatic heterocycles. The summed E-state index contributed by atoms with van der Waals surface area (Å²) in [5, 5.41) is 13.3. The minimum atomic E-state index is -3.78. The van der Waals surface area contributed by atoms with Crippen molar-refractivity contribution in [2.75, 3.05) is 6.26 Å². The van der Waals surface area contributed by atoms with Gasteiger partial charge in [-0.1, -0.05) is 42.8 Å². The van der Waals surface area contributed by atoms with Gasteiger partial charge in [-0.2, -0.15) is 0 Å². The zero-order valence-corrected chi connectivity index (χ0v) is 15.0. The SMILES string of the molecule is CCCc1ccc(C2=NOC(CC(C)(C(=O)O)S(C)(=O)=O)C2)cc1. The second-order valence-corrected chi connectivity index (χ2v) is 8.87. The highest BCUT2D eigenvalue weighted by atomic mass is 32.2. The maximum atomic E-state index is 11.9. The number of hydrogen-bond acceptors (Lipinski definition) is 5. The van der Waals surface area contributed by atoms with Gasteiger partial charge in [0.2, 0.25) is 0 Å². The number of carboxylic acid groups (broad SMARTS) is 1. The van der Waals surface area contributed by atoms with Crippen molar-refractivity contribution in [3.8, 4) is 0 Å². The third-order valence-corrected chi connectivity index (χ3v) is 6.42. The number of carbonyl (C=O) groups is 1. The van der Waals surface area contributed by atoms with Crippen molar-refractivity contribution in [3.05, 3.63) is 35.4 Å². The molecule has 0 fully saturated rings. The number of carboxylic acids is 1. The zero-order valence-electron chi connectivity index (χ0n) is 14.2. The maximum absolute atomic E-state index is 11.9. The largest absolute Gasteiger partial charge is 0.480 e. The van der Waals surface area contributed by atoms with E-state index in [-0.39, 0.29) is 6.42 Å². The molecule has 2 unspecified atom stereocenters. The highest BCUT2D eigenvalue weighted by molar-refractivity contribution is 7.92. The van der Waals surface area contributed by atoms with Crippen molar-refractivity contribution in [1.29, 1.82) is 0 Å². The van der Waals surface area contributed by atoms with Crippen LogP contribution in [-0.2, 0) is 25.9 Å². The Morgan fingerprint density at radius 1 is 1.38 bits per heavy atom. The number of sulfone groups is 1. The van der Waals surface area contributed by atoms with E-state index in [0.29, 0.717) is 12.1 Å². The molecule has 0 amide bonds. The normalized spacial score (nSPS) is 20.1. The Labute approximate surface area is 142 Å². The molecule has 132 valence electrons. The highest BCUT2D eigenvalue weighted by Crippen LogP contribution is 2.29. The van der Waals surface area contributed by atoms with Gasteiger partial charge in [0.05, 0.1) is 5.71 Å². The number of rotatable bonds is 7. The van der Waals surface area contributed by atoms with E-state index in [1.807, 2.05) is 24.3 Å². The smallest absolute Gasteiger partial charge is 0.324 e. The van der Waals surface area contributed by atoms with E-state index in [0.717, 1.165) is 24.7 Å². The summed E-state index contributed by atoms with van der Waals surface area (Å²) in [5.74, 6) is -1.37. The molecule has 2 atom stereocenters. The van der Waals surface area contributed by atoms with Gasteiger partial charge in [-0.15, -0.1) is 0 Å². The van der Waals surface area contributed by atoms with Gasteiger partial charge in [0.25, 0.3) is 0 Å². The zero-order chi connectivity index (χ0) is 18.0. The lowest BCUT2D eigenvalue weighted by Crippen LogP contribution is -2.45. The molecule has 0 aromatic heterocycles. The lowest BCUT2D eigenvalue weighted by atomic mass is 9.96. The van der Waals surface area contributed by atoms with Gasteiger partial charge in [-0.05, 0) is 24.5 Å². The summed E-state index contributed by atoms with van der Waals surface area (Å²) >= 11 is 0. The minimum Gasteiger partial charge on any atom is -0.480 e. The van der Waals surface area contributed by atoms with Crippen molar-refractivity contribution >= 4 is 21.5 Å². The lowest BCUT2D eigenvalue weighted by Gasteiger charge is -2.24. The minimum absolute atomic E-state index is 0.137. The molecule has 6 nitrogen and oxygen atoms in total. The maximum Gasteiger partial charge on any atom is 0.324 e. The molecule has 0 saturated carbocycles. The molecular weight excluding hydrogens is 330 g/mol. The summed E-state index contributed by atoms with van der Waals surface area (Å²) in [6.45, 7) is 3.33. The van der Waals surface area contributed by atoms with E-state index in [2.05, 4.69) is 12.1 Å². The van der Waals surface area contributed by atoms with Crippen molar-refractivity contribution < 1.29 is 23.2 Å². The average Bonchev–Trinajstić information content (AvgIpc) is 2.95. The van der Waals surface area contributed by atoms with Gasteiger partial charge in [0.15, 0.2) is 14.6 Å². The van der Waals surface area contributed by atoms with Crippen molar-refractivity contribution in [1.82, 2.24) is 0 Å². The first kappa shape index (κ1) is 18.4. The summed E-state index contributed by atoms with van der Waals surface area (Å²) in [7, 11) is -3.78. The first-order chi connectivity index (χ1) is 11.2. The summed E-state index contributed by atoms with van der Waals surface area (Å²) in [5.41, 5.74) is 2.87. The predicted octanol–water partition coefficient (Wildman–Crippen LogP) is 2.41. The van der Waals surface area contributed by atoms with Gasteiger partial charge in [0.1, 0.15) is 6.10 Å². The van der Waals surface area contributed by atoms with Crippen LogP contribution >= 0.6 is 0 Å². The highest BCUT2D eigenvalue weighted by Gasteiger charge is 2.47. The molecule has 24 heavy (non-hydrogen) atoms. The van der Waals surface area contributed by atoms with E-state index in [4.69, 9.17) is 4.84 Å². The van der Waals surface area contributed by atoms with Crippen LogP contribution in [0.1, 0.15) is 44.2 Å². The van der Waals surface area contributed by atoms with Gasteiger partial charge in [0, 0.05) is 19.1 Å². The van der Waals surface area contributed by atoms with Crippen molar-refractivity contribution in [2.24, 2.45) is 5.16 Å². The number of aryl methyl sites for hydroxylation is 1. The second-order valence-electron chi connectivity index (χ2n) is 6.43. The van der Waals surface area contributed by atoms with E-state index < -0.39 is 26.7 Å². The molecule has 1 heterocycles. The molecule has 1 aromatic rings. The quantitative estimate of drug-likeness (QED) is 0.812. The van der Waals surface area contributed by atoms with Crippen molar-refractivity contribution in [2.45, 2.75) is 50.4 Å². The van der Waals surface area contributed by atoms with Crippen LogP contribution < -0.4 is 0 Å². The fraction of sp³-hybridized carbons (Fsp3) is 0.529. The fourth-order valence-corrected chi connectivity index (χ4v) is 3.50. The summed E-state index contributed by atoms with van der Waals surface area (Å²) in [6, 6.07) is 7.99. The Bertz CT molecular complexity index is 739. The first-order valence-corrected chi connectivity index (χ1v) is 9.81. The van der Waals surface area contributed by atoms with Crippen LogP contribution in [0.15, 0.2) is 29.4 Å².